The van der Waals surface area contributed by atoms with Crippen LogP contribution in [0.25, 0.3) is 0 Å². The van der Waals surface area contributed by atoms with E-state index in [0.29, 0.717) is 13.0 Å². The van der Waals surface area contributed by atoms with Crippen LogP contribution < -0.4 is 5.32 Å². The average Bonchev–Trinajstić information content (AvgIpc) is 2.78. The van der Waals surface area contributed by atoms with Crippen molar-refractivity contribution in [2.75, 3.05) is 6.54 Å². The van der Waals surface area contributed by atoms with Crippen molar-refractivity contribution in [2.24, 2.45) is 0 Å². The molecule has 0 aliphatic rings. The first-order valence-electron chi connectivity index (χ1n) is 6.37. The predicted molar refractivity (Wildman–Crippen MR) is 78.4 cm³/mol. The van der Waals surface area contributed by atoms with Gasteiger partial charge in [-0.05, 0) is 19.4 Å². The maximum absolute atomic E-state index is 11.8. The number of carbonyl (C=O) groups excluding carboxylic acids is 1. The van der Waals surface area contributed by atoms with Gasteiger partial charge in [0.1, 0.15) is 0 Å². The summed E-state index contributed by atoms with van der Waals surface area (Å²) < 4.78 is 0. The Hall–Kier alpha value is -1.68. The molecule has 19 heavy (non-hydrogen) atoms. The molecule has 1 heterocycles. The zero-order valence-electron chi connectivity index (χ0n) is 11.3. The lowest BCUT2D eigenvalue weighted by molar-refractivity contribution is -0.120. The fraction of sp³-hybridized carbons (Fsp3) is 0.333. The molecule has 100 valence electrons. The van der Waals surface area contributed by atoms with Crippen molar-refractivity contribution < 1.29 is 4.79 Å². The first-order valence-corrected chi connectivity index (χ1v) is 7.18. The largest absolute Gasteiger partial charge is 0.355 e. The Balaban J connectivity index is 1.74. The fourth-order valence-corrected chi connectivity index (χ4v) is 2.59. The number of amides is 1. The van der Waals surface area contributed by atoms with Crippen LogP contribution in [0.15, 0.2) is 30.5 Å². The number of hydrogen-bond donors (Lipinski definition) is 1. The molecular weight excluding hydrogens is 256 g/mol. The maximum Gasteiger partial charge on any atom is 0.224 e. The van der Waals surface area contributed by atoms with Gasteiger partial charge in [-0.1, -0.05) is 29.8 Å². The number of aromatic nitrogens is 1. The number of hydrogen-bond acceptors (Lipinski definition) is 3. The first-order chi connectivity index (χ1) is 9.13. The molecular formula is C15H18N2OS. The Morgan fingerprint density at radius 1 is 1.26 bits per heavy atom. The minimum absolute atomic E-state index is 0.0742. The summed E-state index contributed by atoms with van der Waals surface area (Å²) in [5.41, 5.74) is 2.27. The third-order valence-electron chi connectivity index (χ3n) is 2.85. The summed E-state index contributed by atoms with van der Waals surface area (Å²) in [4.78, 5) is 17.2. The maximum atomic E-state index is 11.8. The van der Waals surface area contributed by atoms with Crippen molar-refractivity contribution in [1.82, 2.24) is 10.3 Å². The second kappa shape index (κ2) is 6.48. The van der Waals surface area contributed by atoms with Gasteiger partial charge in [-0.3, -0.25) is 4.79 Å². The minimum atomic E-state index is 0.0742. The van der Waals surface area contributed by atoms with Gasteiger partial charge >= 0.3 is 0 Å². The summed E-state index contributed by atoms with van der Waals surface area (Å²) in [5, 5.41) is 4.01. The van der Waals surface area contributed by atoms with Gasteiger partial charge in [0.25, 0.3) is 0 Å². The molecule has 0 saturated heterocycles. The van der Waals surface area contributed by atoms with E-state index in [1.807, 2.05) is 44.3 Å². The van der Waals surface area contributed by atoms with E-state index in [2.05, 4.69) is 10.3 Å². The van der Waals surface area contributed by atoms with Crippen LogP contribution in [0.5, 0.6) is 0 Å². The van der Waals surface area contributed by atoms with Crippen LogP contribution in [-0.2, 0) is 17.6 Å². The van der Waals surface area contributed by atoms with E-state index in [-0.39, 0.29) is 5.91 Å². The van der Waals surface area contributed by atoms with E-state index < -0.39 is 0 Å². The lowest BCUT2D eigenvalue weighted by Gasteiger charge is -2.04. The van der Waals surface area contributed by atoms with Gasteiger partial charge in [0, 0.05) is 24.0 Å². The van der Waals surface area contributed by atoms with Crippen LogP contribution in [0.3, 0.4) is 0 Å². The van der Waals surface area contributed by atoms with Crippen molar-refractivity contribution in [3.05, 3.63) is 51.5 Å². The molecule has 1 amide bonds. The van der Waals surface area contributed by atoms with Gasteiger partial charge in [-0.25, -0.2) is 4.98 Å². The number of benzene rings is 1. The van der Waals surface area contributed by atoms with Crippen LogP contribution in [0.4, 0.5) is 0 Å². The number of thiazole rings is 1. The highest BCUT2D eigenvalue weighted by molar-refractivity contribution is 7.11. The molecule has 0 unspecified atom stereocenters. The summed E-state index contributed by atoms with van der Waals surface area (Å²) in [6.45, 7) is 4.71. The highest BCUT2D eigenvalue weighted by Crippen LogP contribution is 2.11. The van der Waals surface area contributed by atoms with Gasteiger partial charge in [-0.15, -0.1) is 11.3 Å². The van der Waals surface area contributed by atoms with E-state index in [9.17, 15) is 4.79 Å². The molecule has 0 aliphatic carbocycles. The Morgan fingerprint density at radius 3 is 2.63 bits per heavy atom. The quantitative estimate of drug-likeness (QED) is 0.910. The summed E-state index contributed by atoms with van der Waals surface area (Å²) >= 11 is 1.68. The zero-order chi connectivity index (χ0) is 13.7. The standard InChI is InChI=1S/C15H18N2OS/c1-11-3-5-13(6-4-11)9-15(18)16-8-7-14-10-17-12(2)19-14/h3-6,10H,7-9H2,1-2H3,(H,16,18). The van der Waals surface area contributed by atoms with E-state index in [0.717, 1.165) is 17.0 Å². The predicted octanol–water partition coefficient (Wildman–Crippen LogP) is 2.66. The minimum Gasteiger partial charge on any atom is -0.355 e. The van der Waals surface area contributed by atoms with Crippen molar-refractivity contribution in [1.29, 1.82) is 0 Å². The van der Waals surface area contributed by atoms with Gasteiger partial charge in [0.2, 0.25) is 5.91 Å². The number of rotatable bonds is 5. The van der Waals surface area contributed by atoms with Crippen LogP contribution in [0, 0.1) is 13.8 Å². The first kappa shape index (κ1) is 13.7. The molecule has 0 bridgehead atoms. The lowest BCUT2D eigenvalue weighted by Crippen LogP contribution is -2.27. The van der Waals surface area contributed by atoms with Crippen LogP contribution in [-0.4, -0.2) is 17.4 Å². The second-order valence-corrected chi connectivity index (χ2v) is 5.93. The van der Waals surface area contributed by atoms with Crippen molar-refractivity contribution >= 4 is 17.2 Å². The van der Waals surface area contributed by atoms with Crippen molar-refractivity contribution in [2.45, 2.75) is 26.7 Å². The lowest BCUT2D eigenvalue weighted by atomic mass is 10.1. The average molecular weight is 274 g/mol. The molecule has 1 N–H and O–H groups in total. The second-order valence-electron chi connectivity index (χ2n) is 4.61. The van der Waals surface area contributed by atoms with Crippen LogP contribution in [0.1, 0.15) is 21.0 Å². The van der Waals surface area contributed by atoms with E-state index in [4.69, 9.17) is 0 Å². The van der Waals surface area contributed by atoms with E-state index in [1.54, 1.807) is 11.3 Å². The number of aryl methyl sites for hydroxylation is 2. The smallest absolute Gasteiger partial charge is 0.224 e. The number of nitrogens with one attached hydrogen (secondary N) is 1. The molecule has 0 radical (unpaired) electrons. The van der Waals surface area contributed by atoms with Gasteiger partial charge in [0.15, 0.2) is 0 Å². The number of nitrogens with zero attached hydrogens (tertiary/aromatic N) is 1. The van der Waals surface area contributed by atoms with E-state index in [1.165, 1.54) is 10.4 Å². The summed E-state index contributed by atoms with van der Waals surface area (Å²) in [6, 6.07) is 8.06. The molecule has 0 spiro atoms. The SMILES string of the molecule is Cc1ccc(CC(=O)NCCc2cnc(C)s2)cc1. The van der Waals surface area contributed by atoms with Crippen LogP contribution in [0.2, 0.25) is 0 Å². The molecule has 0 atom stereocenters. The third-order valence-corrected chi connectivity index (χ3v) is 3.82. The summed E-state index contributed by atoms with van der Waals surface area (Å²) in [7, 11) is 0. The highest BCUT2D eigenvalue weighted by atomic mass is 32.1. The molecule has 2 rings (SSSR count). The molecule has 0 saturated carbocycles. The molecule has 1 aromatic carbocycles. The van der Waals surface area contributed by atoms with Crippen molar-refractivity contribution in [3.8, 4) is 0 Å². The van der Waals surface area contributed by atoms with Gasteiger partial charge in [-0.2, -0.15) is 0 Å². The molecule has 1 aromatic heterocycles. The van der Waals surface area contributed by atoms with E-state index >= 15 is 0 Å². The monoisotopic (exact) mass is 274 g/mol. The Morgan fingerprint density at radius 2 is 2.00 bits per heavy atom. The molecule has 0 fully saturated rings. The third kappa shape index (κ3) is 4.48. The molecule has 0 aliphatic heterocycles. The molecule has 3 nitrogen and oxygen atoms in total. The Kier molecular flexibility index (Phi) is 4.68. The summed E-state index contributed by atoms with van der Waals surface area (Å²) in [6.07, 6.45) is 3.18. The van der Waals surface area contributed by atoms with Gasteiger partial charge < -0.3 is 5.32 Å². The topological polar surface area (TPSA) is 42.0 Å². The normalized spacial score (nSPS) is 10.4. The fourth-order valence-electron chi connectivity index (χ4n) is 1.80. The van der Waals surface area contributed by atoms with Crippen molar-refractivity contribution in [3.63, 3.8) is 0 Å². The number of carbonyl (C=O) groups is 1. The molecule has 4 heteroatoms. The highest BCUT2D eigenvalue weighted by Gasteiger charge is 2.03. The zero-order valence-corrected chi connectivity index (χ0v) is 12.1. The van der Waals surface area contributed by atoms with Crippen LogP contribution >= 0.6 is 11.3 Å². The van der Waals surface area contributed by atoms with Gasteiger partial charge in [0.05, 0.1) is 11.4 Å². The Labute approximate surface area is 117 Å². The Bertz CT molecular complexity index is 546. The molecule has 2 aromatic rings. The summed E-state index contributed by atoms with van der Waals surface area (Å²) in [5.74, 6) is 0.0742.